The fourth-order valence-corrected chi connectivity index (χ4v) is 6.92. The van der Waals surface area contributed by atoms with Crippen LogP contribution in [0.25, 0.3) is 54.2 Å². The van der Waals surface area contributed by atoms with E-state index in [0.29, 0.717) is 22.6 Å². The first-order chi connectivity index (χ1) is 23.5. The zero-order valence-electron chi connectivity index (χ0n) is 26.5. The molecule has 4 nitrogen and oxygen atoms in total. The number of carbonyl (C=O) groups is 2. The van der Waals surface area contributed by atoms with Crippen molar-refractivity contribution in [3.8, 4) is 22.6 Å². The largest absolute Gasteiger partial charge is 0.422 e. The van der Waals surface area contributed by atoms with Crippen LogP contribution >= 0.6 is 0 Å². The van der Waals surface area contributed by atoms with Crippen molar-refractivity contribution in [1.82, 2.24) is 0 Å². The highest BCUT2D eigenvalue weighted by Gasteiger charge is 2.25. The van der Waals surface area contributed by atoms with Gasteiger partial charge in [-0.3, -0.25) is 0 Å². The Hall–Kier alpha value is -6.26. The highest BCUT2D eigenvalue weighted by molar-refractivity contribution is 6.27. The summed E-state index contributed by atoms with van der Waals surface area (Å²) >= 11 is 0. The minimum absolute atomic E-state index is 0.408. The van der Waals surface area contributed by atoms with Gasteiger partial charge in [-0.2, -0.15) is 0 Å². The van der Waals surface area contributed by atoms with Crippen LogP contribution < -0.4 is 9.47 Å². The summed E-state index contributed by atoms with van der Waals surface area (Å²) in [5.74, 6) is 0.257. The smallest absolute Gasteiger partial charge is 0.343 e. The van der Waals surface area contributed by atoms with Crippen LogP contribution in [-0.2, 0) is 0 Å². The van der Waals surface area contributed by atoms with E-state index >= 15 is 0 Å². The molecule has 0 N–H and O–H groups in total. The topological polar surface area (TPSA) is 52.6 Å². The molecule has 0 saturated carbocycles. The molecule has 0 radical (unpaired) electrons. The number of benzene rings is 8. The molecule has 48 heavy (non-hydrogen) atoms. The molecule has 0 aliphatic rings. The highest BCUT2D eigenvalue weighted by atomic mass is 16.5. The van der Waals surface area contributed by atoms with E-state index in [-0.39, 0.29) is 0 Å². The minimum atomic E-state index is -0.408. The van der Waals surface area contributed by atoms with Gasteiger partial charge >= 0.3 is 11.9 Å². The summed E-state index contributed by atoms with van der Waals surface area (Å²) in [6.45, 7) is 4.10. The molecule has 0 bridgehead atoms. The predicted octanol–water partition coefficient (Wildman–Crippen LogP) is 11.0. The molecule has 0 unspecified atom stereocenters. The maximum absolute atomic E-state index is 13.5. The zero-order valence-corrected chi connectivity index (χ0v) is 26.5. The lowest BCUT2D eigenvalue weighted by Gasteiger charge is -2.22. The van der Waals surface area contributed by atoms with E-state index in [2.05, 4.69) is 24.3 Å². The van der Waals surface area contributed by atoms with Crippen LogP contribution in [0.1, 0.15) is 31.8 Å². The molecule has 8 rings (SSSR count). The van der Waals surface area contributed by atoms with Gasteiger partial charge in [0.2, 0.25) is 0 Å². The van der Waals surface area contributed by atoms with Gasteiger partial charge in [0, 0.05) is 21.5 Å². The summed E-state index contributed by atoms with van der Waals surface area (Å²) in [4.78, 5) is 27.0. The number of hydrogen-bond acceptors (Lipinski definition) is 4. The SMILES string of the molecule is Cc1cccc2c(-c3c4ccccc4c(OC(=O)c4ccccc4)c4c(C)cccc34)c3ccccc3c(OC(=O)c3ccccc3)c12. The van der Waals surface area contributed by atoms with Crippen molar-refractivity contribution in [3.63, 3.8) is 0 Å². The fraction of sp³-hybridized carbons (Fsp3) is 0.0455. The lowest BCUT2D eigenvalue weighted by molar-refractivity contribution is 0.0730. The number of fused-ring (bicyclic) bond motifs is 4. The highest BCUT2D eigenvalue weighted by Crippen LogP contribution is 2.51. The molecule has 230 valence electrons. The van der Waals surface area contributed by atoms with E-state index in [0.717, 1.165) is 65.3 Å². The standard InChI is InChI=1S/C44H30O4/c1-27-15-13-25-35-37(27)41(47-43(45)29-17-5-3-6-18-29)33-23-11-9-21-31(33)39(35)40-32-22-10-12-24-34(32)42(38-28(2)16-14-26-36(38)40)48-44(46)30-19-7-4-8-20-30/h3-26H,1-2H3. The van der Waals surface area contributed by atoms with E-state index in [1.165, 1.54) is 0 Å². The first kappa shape index (κ1) is 29.2. The summed E-state index contributed by atoms with van der Waals surface area (Å²) in [6, 6.07) is 46.7. The summed E-state index contributed by atoms with van der Waals surface area (Å²) < 4.78 is 12.6. The van der Waals surface area contributed by atoms with Gasteiger partial charge in [-0.15, -0.1) is 0 Å². The molecule has 8 aromatic rings. The molecule has 0 saturated heterocycles. The van der Waals surface area contributed by atoms with E-state index in [4.69, 9.17) is 9.47 Å². The number of carbonyl (C=O) groups excluding carboxylic acids is 2. The first-order valence-electron chi connectivity index (χ1n) is 15.9. The molecule has 0 aliphatic carbocycles. The number of rotatable bonds is 5. The molecular weight excluding hydrogens is 592 g/mol. The molecule has 0 heterocycles. The van der Waals surface area contributed by atoms with Crippen molar-refractivity contribution in [2.45, 2.75) is 13.8 Å². The molecule has 0 fully saturated rings. The summed E-state index contributed by atoms with van der Waals surface area (Å²) in [6.07, 6.45) is 0. The second-order valence-corrected chi connectivity index (χ2v) is 12.0. The van der Waals surface area contributed by atoms with E-state index in [1.54, 1.807) is 24.3 Å². The molecule has 0 aromatic heterocycles. The fourth-order valence-electron chi connectivity index (χ4n) is 6.92. The zero-order chi connectivity index (χ0) is 32.8. The van der Waals surface area contributed by atoms with Gasteiger partial charge in [0.1, 0.15) is 11.5 Å². The lowest BCUT2D eigenvalue weighted by atomic mass is 9.84. The van der Waals surface area contributed by atoms with Crippen molar-refractivity contribution >= 4 is 55.0 Å². The van der Waals surface area contributed by atoms with Crippen LogP contribution in [0.2, 0.25) is 0 Å². The molecule has 0 atom stereocenters. The van der Waals surface area contributed by atoms with Gasteiger partial charge in [-0.25, -0.2) is 9.59 Å². The number of esters is 2. The van der Waals surface area contributed by atoms with Crippen LogP contribution in [0.5, 0.6) is 11.5 Å². The minimum Gasteiger partial charge on any atom is -0.422 e. The maximum Gasteiger partial charge on any atom is 0.343 e. The normalized spacial score (nSPS) is 11.3. The van der Waals surface area contributed by atoms with Crippen molar-refractivity contribution in [2.75, 3.05) is 0 Å². The van der Waals surface area contributed by atoms with Gasteiger partial charge in [-0.05, 0) is 81.9 Å². The van der Waals surface area contributed by atoms with Gasteiger partial charge in [0.15, 0.2) is 0 Å². The lowest BCUT2D eigenvalue weighted by Crippen LogP contribution is -2.10. The Balaban J connectivity index is 1.47. The third-order valence-electron chi connectivity index (χ3n) is 9.08. The Morgan fingerprint density at radius 1 is 0.375 bits per heavy atom. The monoisotopic (exact) mass is 622 g/mol. The molecule has 4 heteroatoms. The predicted molar refractivity (Wildman–Crippen MR) is 194 cm³/mol. The summed E-state index contributed by atoms with van der Waals surface area (Å²) in [5.41, 5.74) is 5.01. The van der Waals surface area contributed by atoms with Gasteiger partial charge in [-0.1, -0.05) is 121 Å². The van der Waals surface area contributed by atoms with Crippen molar-refractivity contribution < 1.29 is 19.1 Å². The van der Waals surface area contributed by atoms with Crippen LogP contribution in [0.15, 0.2) is 146 Å². The Morgan fingerprint density at radius 3 is 1.10 bits per heavy atom. The Kier molecular flexibility index (Phi) is 7.19. The van der Waals surface area contributed by atoms with Crippen molar-refractivity contribution in [1.29, 1.82) is 0 Å². The average molecular weight is 623 g/mol. The summed E-state index contributed by atoms with van der Waals surface area (Å²) in [7, 11) is 0. The summed E-state index contributed by atoms with van der Waals surface area (Å²) in [5, 5.41) is 7.26. The second-order valence-electron chi connectivity index (χ2n) is 12.0. The van der Waals surface area contributed by atoms with Crippen LogP contribution in [0.4, 0.5) is 0 Å². The second kappa shape index (κ2) is 11.8. The molecular formula is C44H30O4. The molecule has 0 spiro atoms. The van der Waals surface area contributed by atoms with Crippen molar-refractivity contribution in [3.05, 3.63) is 168 Å². The Morgan fingerprint density at radius 2 is 0.708 bits per heavy atom. The van der Waals surface area contributed by atoms with Gasteiger partial charge in [0.25, 0.3) is 0 Å². The molecule has 0 amide bonds. The first-order valence-corrected chi connectivity index (χ1v) is 15.9. The quantitative estimate of drug-likeness (QED) is 0.109. The van der Waals surface area contributed by atoms with Crippen LogP contribution in [0.3, 0.4) is 0 Å². The van der Waals surface area contributed by atoms with E-state index in [1.807, 2.05) is 111 Å². The van der Waals surface area contributed by atoms with E-state index < -0.39 is 11.9 Å². The van der Waals surface area contributed by atoms with E-state index in [9.17, 15) is 9.59 Å². The third-order valence-corrected chi connectivity index (χ3v) is 9.08. The number of hydrogen-bond donors (Lipinski definition) is 0. The molecule has 8 aromatic carbocycles. The molecule has 0 aliphatic heterocycles. The average Bonchev–Trinajstić information content (AvgIpc) is 3.13. The van der Waals surface area contributed by atoms with Gasteiger partial charge < -0.3 is 9.47 Å². The number of aryl methyl sites for hydroxylation is 2. The van der Waals surface area contributed by atoms with Crippen molar-refractivity contribution in [2.24, 2.45) is 0 Å². The van der Waals surface area contributed by atoms with Crippen LogP contribution in [-0.4, -0.2) is 11.9 Å². The van der Waals surface area contributed by atoms with Crippen LogP contribution in [0, 0.1) is 13.8 Å². The maximum atomic E-state index is 13.5. The number of ether oxygens (including phenoxy) is 2. The van der Waals surface area contributed by atoms with Gasteiger partial charge in [0.05, 0.1) is 11.1 Å². The Bertz CT molecular complexity index is 2370. The third kappa shape index (κ3) is 4.78. The Labute approximate surface area is 277 Å².